The molecule has 1 aliphatic carbocycles. The summed E-state index contributed by atoms with van der Waals surface area (Å²) >= 11 is 0.938. The molecule has 104 valence electrons. The molecule has 4 heteroatoms. The van der Waals surface area contributed by atoms with Crippen LogP contribution in [0.4, 0.5) is 8.78 Å². The van der Waals surface area contributed by atoms with Gasteiger partial charge in [0, 0.05) is 4.90 Å². The second-order valence-electron chi connectivity index (χ2n) is 5.00. The molecule has 0 aromatic heterocycles. The van der Waals surface area contributed by atoms with Crippen molar-refractivity contribution in [1.29, 1.82) is 0 Å². The summed E-state index contributed by atoms with van der Waals surface area (Å²) in [5, 5.41) is 10.2. The van der Waals surface area contributed by atoms with Gasteiger partial charge in [-0.1, -0.05) is 55.8 Å². The zero-order chi connectivity index (χ0) is 13.9. The zero-order valence-electron chi connectivity index (χ0n) is 10.7. The largest absolute Gasteiger partial charge is 0.383 e. The van der Waals surface area contributed by atoms with Gasteiger partial charge in [-0.15, -0.1) is 0 Å². The highest BCUT2D eigenvalue weighted by molar-refractivity contribution is 8.03. The molecule has 0 spiro atoms. The fourth-order valence-electron chi connectivity index (χ4n) is 2.41. The minimum Gasteiger partial charge on any atom is -0.383 e. The summed E-state index contributed by atoms with van der Waals surface area (Å²) in [6.07, 6.45) is 2.50. The summed E-state index contributed by atoms with van der Waals surface area (Å²) < 4.78 is 28.8. The molecule has 1 fully saturated rings. The number of rotatable bonds is 4. The number of hydrogen-bond donors (Lipinski definition) is 1. The first-order valence-corrected chi connectivity index (χ1v) is 7.30. The second kappa shape index (κ2) is 5.63. The maximum Gasteiger partial charge on any atom is 0.306 e. The Morgan fingerprint density at radius 2 is 1.74 bits per heavy atom. The van der Waals surface area contributed by atoms with Crippen molar-refractivity contribution in [2.45, 2.75) is 48.5 Å². The lowest BCUT2D eigenvalue weighted by Crippen LogP contribution is -2.49. The van der Waals surface area contributed by atoms with E-state index in [1.807, 2.05) is 6.07 Å². The van der Waals surface area contributed by atoms with E-state index in [1.165, 1.54) is 0 Å². The van der Waals surface area contributed by atoms with Crippen molar-refractivity contribution in [3.05, 3.63) is 41.8 Å². The SMILES string of the molecule is C=C(Sc1ccccc1)C(F)(F)C1(O)CCCCC1. The van der Waals surface area contributed by atoms with Gasteiger partial charge in [-0.2, -0.15) is 8.78 Å². The lowest BCUT2D eigenvalue weighted by Gasteiger charge is -2.39. The van der Waals surface area contributed by atoms with Crippen molar-refractivity contribution in [3.8, 4) is 0 Å². The fraction of sp³-hybridized carbons (Fsp3) is 0.467. The Kier molecular flexibility index (Phi) is 4.31. The van der Waals surface area contributed by atoms with Crippen LogP contribution in [0.1, 0.15) is 32.1 Å². The highest BCUT2D eigenvalue weighted by Crippen LogP contribution is 2.48. The van der Waals surface area contributed by atoms with E-state index in [-0.39, 0.29) is 17.7 Å². The summed E-state index contributed by atoms with van der Waals surface area (Å²) in [5.74, 6) is -3.26. The highest BCUT2D eigenvalue weighted by atomic mass is 32.2. The molecular formula is C15H18F2OS. The Morgan fingerprint density at radius 1 is 1.16 bits per heavy atom. The fourth-order valence-corrected chi connectivity index (χ4v) is 3.30. The van der Waals surface area contributed by atoms with Crippen molar-refractivity contribution in [2.75, 3.05) is 0 Å². The molecule has 0 unspecified atom stereocenters. The van der Waals surface area contributed by atoms with Crippen molar-refractivity contribution in [3.63, 3.8) is 0 Å². The molecule has 1 saturated carbocycles. The van der Waals surface area contributed by atoms with Crippen molar-refractivity contribution in [1.82, 2.24) is 0 Å². The molecule has 1 aromatic rings. The predicted octanol–water partition coefficient (Wildman–Crippen LogP) is 4.62. The molecule has 0 amide bonds. The number of benzene rings is 1. The maximum atomic E-state index is 14.4. The second-order valence-corrected chi connectivity index (χ2v) is 6.17. The number of aliphatic hydroxyl groups is 1. The Hall–Kier alpha value is -0.870. The predicted molar refractivity (Wildman–Crippen MR) is 74.4 cm³/mol. The normalized spacial score (nSPS) is 19.1. The summed E-state index contributed by atoms with van der Waals surface area (Å²) in [6.45, 7) is 3.50. The van der Waals surface area contributed by atoms with Crippen LogP contribution in [-0.4, -0.2) is 16.6 Å². The molecular weight excluding hydrogens is 266 g/mol. The van der Waals surface area contributed by atoms with Gasteiger partial charge < -0.3 is 5.11 Å². The smallest absolute Gasteiger partial charge is 0.306 e. The van der Waals surface area contributed by atoms with Gasteiger partial charge in [0.05, 0.1) is 4.91 Å². The van der Waals surface area contributed by atoms with Gasteiger partial charge in [-0.05, 0) is 25.0 Å². The van der Waals surface area contributed by atoms with E-state index >= 15 is 0 Å². The van der Waals surface area contributed by atoms with E-state index in [9.17, 15) is 13.9 Å². The third kappa shape index (κ3) is 3.00. The standard InChI is InChI=1S/C15H18F2OS/c1-12(19-13-8-4-2-5-9-13)15(16,17)14(18)10-6-3-7-11-14/h2,4-5,8-9,18H,1,3,6-7,10-11H2. The Morgan fingerprint density at radius 3 is 2.32 bits per heavy atom. The zero-order valence-corrected chi connectivity index (χ0v) is 11.6. The van der Waals surface area contributed by atoms with Crippen LogP contribution in [0.2, 0.25) is 0 Å². The van der Waals surface area contributed by atoms with Gasteiger partial charge in [0.15, 0.2) is 0 Å². The molecule has 2 rings (SSSR count). The van der Waals surface area contributed by atoms with Crippen molar-refractivity contribution >= 4 is 11.8 Å². The van der Waals surface area contributed by atoms with Crippen LogP contribution in [0.3, 0.4) is 0 Å². The number of halogens is 2. The molecule has 0 radical (unpaired) electrons. The summed E-state index contributed by atoms with van der Waals surface area (Å²) in [5.41, 5.74) is -1.93. The lowest BCUT2D eigenvalue weighted by atomic mass is 9.80. The Balaban J connectivity index is 2.12. The average Bonchev–Trinajstić information content (AvgIpc) is 2.40. The molecule has 0 saturated heterocycles. The van der Waals surface area contributed by atoms with E-state index in [0.717, 1.165) is 18.2 Å². The van der Waals surface area contributed by atoms with Gasteiger partial charge in [-0.25, -0.2) is 0 Å². The lowest BCUT2D eigenvalue weighted by molar-refractivity contribution is -0.167. The van der Waals surface area contributed by atoms with Crippen LogP contribution >= 0.6 is 11.8 Å². The first-order valence-electron chi connectivity index (χ1n) is 6.48. The van der Waals surface area contributed by atoms with Crippen LogP contribution in [0, 0.1) is 0 Å². The molecule has 0 heterocycles. The molecule has 19 heavy (non-hydrogen) atoms. The number of thioether (sulfide) groups is 1. The summed E-state index contributed by atoms with van der Waals surface area (Å²) in [6, 6.07) is 8.94. The van der Waals surface area contributed by atoms with Gasteiger partial charge in [0.25, 0.3) is 0 Å². The molecule has 0 atom stereocenters. The molecule has 1 aliphatic rings. The molecule has 1 aromatic carbocycles. The summed E-state index contributed by atoms with van der Waals surface area (Å²) in [7, 11) is 0. The quantitative estimate of drug-likeness (QED) is 0.814. The van der Waals surface area contributed by atoms with Gasteiger partial charge >= 0.3 is 5.92 Å². The highest BCUT2D eigenvalue weighted by Gasteiger charge is 2.54. The van der Waals surface area contributed by atoms with Crippen molar-refractivity contribution in [2.24, 2.45) is 0 Å². The summed E-state index contributed by atoms with van der Waals surface area (Å²) in [4.78, 5) is 0.440. The number of alkyl halides is 2. The minimum absolute atomic E-state index is 0.147. The first kappa shape index (κ1) is 14.5. The van der Waals surface area contributed by atoms with Crippen LogP contribution in [-0.2, 0) is 0 Å². The van der Waals surface area contributed by atoms with E-state index in [1.54, 1.807) is 24.3 Å². The third-order valence-corrected chi connectivity index (χ3v) is 4.61. The third-order valence-electron chi connectivity index (χ3n) is 3.60. The average molecular weight is 284 g/mol. The molecule has 1 nitrogen and oxygen atoms in total. The van der Waals surface area contributed by atoms with Crippen LogP contribution in [0.25, 0.3) is 0 Å². The Bertz CT molecular complexity index is 439. The van der Waals surface area contributed by atoms with Crippen LogP contribution in [0.15, 0.2) is 46.7 Å². The van der Waals surface area contributed by atoms with Gasteiger partial charge in [0.2, 0.25) is 0 Å². The first-order chi connectivity index (χ1) is 8.96. The van der Waals surface area contributed by atoms with Gasteiger partial charge in [-0.3, -0.25) is 0 Å². The monoisotopic (exact) mass is 284 g/mol. The van der Waals surface area contributed by atoms with Crippen LogP contribution < -0.4 is 0 Å². The van der Waals surface area contributed by atoms with E-state index in [2.05, 4.69) is 6.58 Å². The molecule has 0 bridgehead atoms. The molecule has 0 aliphatic heterocycles. The maximum absolute atomic E-state index is 14.4. The Labute approximate surface area is 116 Å². The number of hydrogen-bond acceptors (Lipinski definition) is 2. The van der Waals surface area contributed by atoms with E-state index < -0.39 is 11.5 Å². The minimum atomic E-state index is -3.26. The van der Waals surface area contributed by atoms with E-state index in [0.29, 0.717) is 17.7 Å². The van der Waals surface area contributed by atoms with E-state index in [4.69, 9.17) is 0 Å². The topological polar surface area (TPSA) is 20.2 Å². The van der Waals surface area contributed by atoms with Crippen molar-refractivity contribution < 1.29 is 13.9 Å². The van der Waals surface area contributed by atoms with Crippen LogP contribution in [0.5, 0.6) is 0 Å². The van der Waals surface area contributed by atoms with Gasteiger partial charge in [0.1, 0.15) is 5.60 Å². The molecule has 1 N–H and O–H groups in total.